The molecular formula is C21H24N2O5S. The largest absolute Gasteiger partial charge is 0.482 e. The first-order valence-corrected chi connectivity index (χ1v) is 11.2. The summed E-state index contributed by atoms with van der Waals surface area (Å²) in [6.45, 7) is 2.82. The minimum absolute atomic E-state index is 0.177. The van der Waals surface area contributed by atoms with Gasteiger partial charge in [-0.1, -0.05) is 24.6 Å². The van der Waals surface area contributed by atoms with Crippen LogP contribution < -0.4 is 14.8 Å². The third kappa shape index (κ3) is 4.09. The van der Waals surface area contributed by atoms with Gasteiger partial charge in [0.1, 0.15) is 6.10 Å². The maximum Gasteiger partial charge on any atom is 0.269 e. The summed E-state index contributed by atoms with van der Waals surface area (Å²) in [4.78, 5) is 13.0. The average molecular weight is 416 g/mol. The second-order valence-corrected chi connectivity index (χ2v) is 9.23. The highest BCUT2D eigenvalue weighted by atomic mass is 32.2. The van der Waals surface area contributed by atoms with Crippen molar-refractivity contribution in [2.45, 2.75) is 43.3 Å². The van der Waals surface area contributed by atoms with E-state index in [-0.39, 0.29) is 10.8 Å². The molecule has 154 valence electrons. The van der Waals surface area contributed by atoms with Crippen molar-refractivity contribution < 1.29 is 22.7 Å². The summed E-state index contributed by atoms with van der Waals surface area (Å²) >= 11 is 0. The second-order valence-electron chi connectivity index (χ2n) is 7.29. The molecule has 0 aliphatic carbocycles. The van der Waals surface area contributed by atoms with Gasteiger partial charge in [0.15, 0.2) is 11.5 Å². The van der Waals surface area contributed by atoms with Crippen LogP contribution in [0.25, 0.3) is 0 Å². The number of fused-ring (bicyclic) bond motifs is 1. The quantitative estimate of drug-likeness (QED) is 0.828. The number of carbonyl (C=O) groups is 1. The van der Waals surface area contributed by atoms with Gasteiger partial charge in [-0.3, -0.25) is 4.79 Å². The normalized spacial score (nSPS) is 22.1. The maximum absolute atomic E-state index is 12.9. The third-order valence-electron chi connectivity index (χ3n) is 5.16. The van der Waals surface area contributed by atoms with Crippen molar-refractivity contribution in [1.82, 2.24) is 4.31 Å². The monoisotopic (exact) mass is 416 g/mol. The topological polar surface area (TPSA) is 84.9 Å². The summed E-state index contributed by atoms with van der Waals surface area (Å²) in [6, 6.07) is 13.5. The number of para-hydroxylation sites is 2. The number of hydrogen-bond acceptors (Lipinski definition) is 5. The van der Waals surface area contributed by atoms with E-state index in [4.69, 9.17) is 9.47 Å². The molecule has 2 heterocycles. The fraction of sp³-hybridized carbons (Fsp3) is 0.381. The number of hydrogen-bond donors (Lipinski definition) is 1. The lowest BCUT2D eigenvalue weighted by Gasteiger charge is -2.31. The number of carbonyl (C=O) groups excluding carboxylic acids is 1. The van der Waals surface area contributed by atoms with Gasteiger partial charge in [0, 0.05) is 18.8 Å². The van der Waals surface area contributed by atoms with Crippen molar-refractivity contribution in [2.24, 2.45) is 0 Å². The summed E-state index contributed by atoms with van der Waals surface area (Å²) in [6.07, 6.45) is 1.46. The molecule has 0 radical (unpaired) electrons. The van der Waals surface area contributed by atoms with Crippen molar-refractivity contribution in [3.63, 3.8) is 0 Å². The summed E-state index contributed by atoms with van der Waals surface area (Å²) in [5, 5.41) is 2.76. The Hall–Kier alpha value is -2.58. The van der Waals surface area contributed by atoms with Gasteiger partial charge in [-0.2, -0.15) is 4.31 Å². The van der Waals surface area contributed by atoms with Gasteiger partial charge in [0.25, 0.3) is 5.91 Å². The van der Waals surface area contributed by atoms with E-state index in [0.29, 0.717) is 30.3 Å². The Morgan fingerprint density at radius 1 is 1.00 bits per heavy atom. The predicted octanol–water partition coefficient (Wildman–Crippen LogP) is 3.03. The van der Waals surface area contributed by atoms with Crippen LogP contribution >= 0.6 is 0 Å². The van der Waals surface area contributed by atoms with Crippen LogP contribution in [-0.4, -0.2) is 43.9 Å². The van der Waals surface area contributed by atoms with Crippen molar-refractivity contribution >= 4 is 21.6 Å². The number of sulfonamides is 1. The van der Waals surface area contributed by atoms with Crippen LogP contribution in [0.4, 0.5) is 5.69 Å². The lowest BCUT2D eigenvalue weighted by Crippen LogP contribution is -2.46. The summed E-state index contributed by atoms with van der Waals surface area (Å²) in [5.74, 6) is 0.713. The van der Waals surface area contributed by atoms with E-state index < -0.39 is 22.2 Å². The van der Waals surface area contributed by atoms with Gasteiger partial charge in [0.2, 0.25) is 16.1 Å². The Bertz CT molecular complexity index is 1000. The molecule has 1 N–H and O–H groups in total. The standard InChI is InChI=1S/C21H24N2O5S/c1-15-20(28-19-11-4-3-10-18(19)27-15)21(24)22-16-8-7-9-17(14-16)29(25,26)23-12-5-2-6-13-23/h3-4,7-11,14-15,20H,2,5-6,12-13H2,1H3,(H,22,24)/t15-,20+/m1/s1. The van der Waals surface area contributed by atoms with Gasteiger partial charge in [0.05, 0.1) is 4.90 Å². The molecular weight excluding hydrogens is 392 g/mol. The Morgan fingerprint density at radius 3 is 2.41 bits per heavy atom. The van der Waals surface area contributed by atoms with Gasteiger partial charge in [-0.15, -0.1) is 0 Å². The Labute approximate surface area is 170 Å². The fourth-order valence-corrected chi connectivity index (χ4v) is 5.17. The lowest BCUT2D eigenvalue weighted by molar-refractivity contribution is -0.128. The highest BCUT2D eigenvalue weighted by Crippen LogP contribution is 2.33. The molecule has 2 aromatic rings. The predicted molar refractivity (Wildman–Crippen MR) is 109 cm³/mol. The van der Waals surface area contributed by atoms with Gasteiger partial charge in [-0.05, 0) is 50.1 Å². The van der Waals surface area contributed by atoms with E-state index >= 15 is 0 Å². The van der Waals surface area contributed by atoms with E-state index in [0.717, 1.165) is 19.3 Å². The second kappa shape index (κ2) is 8.04. The zero-order chi connectivity index (χ0) is 20.4. The Morgan fingerprint density at radius 2 is 1.69 bits per heavy atom. The zero-order valence-electron chi connectivity index (χ0n) is 16.2. The molecule has 2 aliphatic heterocycles. The molecule has 2 aliphatic rings. The Kier molecular flexibility index (Phi) is 5.47. The van der Waals surface area contributed by atoms with Crippen molar-refractivity contribution in [2.75, 3.05) is 18.4 Å². The lowest BCUT2D eigenvalue weighted by atomic mass is 10.1. The van der Waals surface area contributed by atoms with E-state index in [1.54, 1.807) is 37.3 Å². The first-order chi connectivity index (χ1) is 13.9. The molecule has 1 amide bonds. The molecule has 0 unspecified atom stereocenters. The SMILES string of the molecule is C[C@H]1Oc2ccccc2O[C@@H]1C(=O)Nc1cccc(S(=O)(=O)N2CCCCC2)c1. The number of nitrogens with one attached hydrogen (secondary N) is 1. The van der Waals surface area contributed by atoms with E-state index in [1.165, 1.54) is 10.4 Å². The number of nitrogens with zero attached hydrogens (tertiary/aromatic N) is 1. The van der Waals surface area contributed by atoms with E-state index in [1.807, 2.05) is 12.1 Å². The summed E-state index contributed by atoms with van der Waals surface area (Å²) < 4.78 is 38.9. The van der Waals surface area contributed by atoms with Gasteiger partial charge < -0.3 is 14.8 Å². The first-order valence-electron chi connectivity index (χ1n) is 9.78. The van der Waals surface area contributed by atoms with Crippen molar-refractivity contribution in [3.8, 4) is 11.5 Å². The molecule has 0 spiro atoms. The minimum atomic E-state index is -3.57. The molecule has 0 aromatic heterocycles. The zero-order valence-corrected chi connectivity index (χ0v) is 17.0. The Balaban J connectivity index is 1.50. The number of piperidine rings is 1. The minimum Gasteiger partial charge on any atom is -0.482 e. The van der Waals surface area contributed by atoms with Crippen LogP contribution in [0, 0.1) is 0 Å². The van der Waals surface area contributed by atoms with Crippen LogP contribution in [0.2, 0.25) is 0 Å². The molecule has 8 heteroatoms. The maximum atomic E-state index is 12.9. The summed E-state index contributed by atoms with van der Waals surface area (Å²) in [5.41, 5.74) is 0.405. The molecule has 7 nitrogen and oxygen atoms in total. The number of benzene rings is 2. The van der Waals surface area contributed by atoms with Gasteiger partial charge in [-0.25, -0.2) is 8.42 Å². The fourth-order valence-electron chi connectivity index (χ4n) is 3.61. The number of anilines is 1. The number of rotatable bonds is 4. The van der Waals surface area contributed by atoms with E-state index in [2.05, 4.69) is 5.32 Å². The van der Waals surface area contributed by atoms with Crippen molar-refractivity contribution in [1.29, 1.82) is 0 Å². The number of amides is 1. The number of ether oxygens (including phenoxy) is 2. The molecule has 0 saturated carbocycles. The molecule has 1 saturated heterocycles. The van der Waals surface area contributed by atoms with Crippen LogP contribution in [0.3, 0.4) is 0 Å². The highest BCUT2D eigenvalue weighted by Gasteiger charge is 2.34. The molecule has 1 fully saturated rings. The molecule has 4 rings (SSSR count). The molecule has 2 atom stereocenters. The van der Waals surface area contributed by atoms with Crippen LogP contribution in [0.5, 0.6) is 11.5 Å². The van der Waals surface area contributed by atoms with Gasteiger partial charge >= 0.3 is 0 Å². The first kappa shape index (κ1) is 19.7. The smallest absolute Gasteiger partial charge is 0.269 e. The average Bonchev–Trinajstić information content (AvgIpc) is 2.74. The van der Waals surface area contributed by atoms with Crippen LogP contribution in [0.1, 0.15) is 26.2 Å². The molecule has 29 heavy (non-hydrogen) atoms. The molecule has 2 aromatic carbocycles. The highest BCUT2D eigenvalue weighted by molar-refractivity contribution is 7.89. The summed E-state index contributed by atoms with van der Waals surface area (Å²) in [7, 11) is -3.57. The van der Waals surface area contributed by atoms with Crippen LogP contribution in [-0.2, 0) is 14.8 Å². The van der Waals surface area contributed by atoms with Crippen LogP contribution in [0.15, 0.2) is 53.4 Å². The molecule has 0 bridgehead atoms. The van der Waals surface area contributed by atoms with E-state index in [9.17, 15) is 13.2 Å². The third-order valence-corrected chi connectivity index (χ3v) is 7.05. The van der Waals surface area contributed by atoms with Crippen molar-refractivity contribution in [3.05, 3.63) is 48.5 Å².